The van der Waals surface area contributed by atoms with Crippen LogP contribution >= 0.6 is 15.9 Å². The number of aromatic nitrogens is 3. The van der Waals surface area contributed by atoms with Crippen LogP contribution in [0.25, 0.3) is 5.82 Å². The van der Waals surface area contributed by atoms with Crippen molar-refractivity contribution in [1.29, 1.82) is 0 Å². The van der Waals surface area contributed by atoms with Gasteiger partial charge in [-0.1, -0.05) is 6.92 Å². The highest BCUT2D eigenvalue weighted by Crippen LogP contribution is 2.23. The largest absolute Gasteiger partial charge is 0.504 e. The summed E-state index contributed by atoms with van der Waals surface area (Å²) in [6, 6.07) is 1.61. The van der Waals surface area contributed by atoms with Crippen LogP contribution in [-0.2, 0) is 6.42 Å². The van der Waals surface area contributed by atoms with E-state index >= 15 is 0 Å². The van der Waals surface area contributed by atoms with Crippen molar-refractivity contribution in [2.45, 2.75) is 13.3 Å². The Labute approximate surface area is 95.7 Å². The van der Waals surface area contributed by atoms with E-state index in [-0.39, 0.29) is 5.75 Å². The van der Waals surface area contributed by atoms with Crippen molar-refractivity contribution >= 4 is 15.9 Å². The number of hydrogen-bond donors (Lipinski definition) is 1. The highest BCUT2D eigenvalue weighted by atomic mass is 79.9. The minimum absolute atomic E-state index is 0.136. The van der Waals surface area contributed by atoms with Crippen LogP contribution in [0.2, 0.25) is 0 Å². The SMILES string of the molecule is CCc1nccn1-c1ncc(Br)cc1O. The molecule has 0 unspecified atom stereocenters. The molecular formula is C10H10BrN3O. The summed E-state index contributed by atoms with van der Waals surface area (Å²) in [6.07, 6.45) is 5.93. The average molecular weight is 268 g/mol. The lowest BCUT2D eigenvalue weighted by Crippen LogP contribution is -2.01. The lowest BCUT2D eigenvalue weighted by Gasteiger charge is -2.07. The van der Waals surface area contributed by atoms with E-state index in [1.54, 1.807) is 29.2 Å². The van der Waals surface area contributed by atoms with Gasteiger partial charge >= 0.3 is 0 Å². The van der Waals surface area contributed by atoms with Gasteiger partial charge in [0.05, 0.1) is 0 Å². The molecule has 2 rings (SSSR count). The molecule has 2 heterocycles. The Morgan fingerprint density at radius 3 is 2.93 bits per heavy atom. The Kier molecular flexibility index (Phi) is 2.73. The summed E-state index contributed by atoms with van der Waals surface area (Å²) in [7, 11) is 0. The summed E-state index contributed by atoms with van der Waals surface area (Å²) in [6.45, 7) is 2.01. The molecule has 78 valence electrons. The molecule has 0 saturated heterocycles. The Bertz CT molecular complexity index is 481. The monoisotopic (exact) mass is 267 g/mol. The fourth-order valence-corrected chi connectivity index (χ4v) is 1.71. The second kappa shape index (κ2) is 4.02. The highest BCUT2D eigenvalue weighted by molar-refractivity contribution is 9.10. The zero-order chi connectivity index (χ0) is 10.8. The summed E-state index contributed by atoms with van der Waals surface area (Å²) in [5.74, 6) is 1.52. The van der Waals surface area contributed by atoms with Gasteiger partial charge in [0.25, 0.3) is 0 Å². The first-order chi connectivity index (χ1) is 7.22. The molecule has 0 saturated carbocycles. The molecule has 2 aromatic rings. The number of nitrogens with zero attached hydrogens (tertiary/aromatic N) is 3. The molecule has 0 aliphatic rings. The standard InChI is InChI=1S/C10H10BrN3O/c1-2-9-12-3-4-14(9)10-8(15)5-7(11)6-13-10/h3-6,15H,2H2,1H3. The minimum atomic E-state index is 0.136. The molecule has 15 heavy (non-hydrogen) atoms. The van der Waals surface area contributed by atoms with E-state index < -0.39 is 0 Å². The van der Waals surface area contributed by atoms with Crippen LogP contribution in [0.3, 0.4) is 0 Å². The van der Waals surface area contributed by atoms with Gasteiger partial charge in [0.1, 0.15) is 5.82 Å². The molecule has 0 spiro atoms. The topological polar surface area (TPSA) is 50.9 Å². The van der Waals surface area contributed by atoms with Crippen LogP contribution in [0.5, 0.6) is 5.75 Å². The number of imidazole rings is 1. The summed E-state index contributed by atoms with van der Waals surface area (Å²) >= 11 is 3.25. The van der Waals surface area contributed by atoms with Crippen LogP contribution < -0.4 is 0 Å². The second-order valence-corrected chi connectivity index (χ2v) is 3.98. The van der Waals surface area contributed by atoms with Gasteiger partial charge in [-0.05, 0) is 22.0 Å². The van der Waals surface area contributed by atoms with E-state index in [9.17, 15) is 5.11 Å². The van der Waals surface area contributed by atoms with Crippen molar-refractivity contribution in [3.63, 3.8) is 0 Å². The lowest BCUT2D eigenvalue weighted by molar-refractivity contribution is 0.468. The maximum atomic E-state index is 9.74. The average Bonchev–Trinajstić information content (AvgIpc) is 2.65. The van der Waals surface area contributed by atoms with E-state index in [1.807, 2.05) is 6.92 Å². The first-order valence-electron chi connectivity index (χ1n) is 4.59. The minimum Gasteiger partial charge on any atom is -0.504 e. The Balaban J connectivity index is 2.54. The molecule has 1 N–H and O–H groups in total. The molecule has 4 nitrogen and oxygen atoms in total. The van der Waals surface area contributed by atoms with Crippen LogP contribution in [0, 0.1) is 0 Å². The van der Waals surface area contributed by atoms with Crippen molar-refractivity contribution in [2.24, 2.45) is 0 Å². The molecule has 0 bridgehead atoms. The predicted octanol–water partition coefficient (Wildman–Crippen LogP) is 2.30. The number of aryl methyl sites for hydroxylation is 1. The fraction of sp³-hybridized carbons (Fsp3) is 0.200. The molecule has 0 aliphatic carbocycles. The molecule has 5 heteroatoms. The van der Waals surface area contributed by atoms with Gasteiger partial charge in [-0.3, -0.25) is 4.57 Å². The Hall–Kier alpha value is -1.36. The summed E-state index contributed by atoms with van der Waals surface area (Å²) in [4.78, 5) is 8.33. The quantitative estimate of drug-likeness (QED) is 0.909. The van der Waals surface area contributed by atoms with Gasteiger partial charge in [0.2, 0.25) is 0 Å². The first kappa shape index (κ1) is 10.2. The van der Waals surface area contributed by atoms with E-state index in [0.29, 0.717) is 5.82 Å². The first-order valence-corrected chi connectivity index (χ1v) is 5.38. The van der Waals surface area contributed by atoms with Crippen molar-refractivity contribution in [2.75, 3.05) is 0 Å². The van der Waals surface area contributed by atoms with Crippen LogP contribution in [0.4, 0.5) is 0 Å². The van der Waals surface area contributed by atoms with E-state index in [1.165, 1.54) is 0 Å². The smallest absolute Gasteiger partial charge is 0.180 e. The zero-order valence-corrected chi connectivity index (χ0v) is 9.77. The number of aromatic hydroxyl groups is 1. The number of rotatable bonds is 2. The van der Waals surface area contributed by atoms with Gasteiger partial charge < -0.3 is 5.11 Å². The molecule has 0 aliphatic heterocycles. The van der Waals surface area contributed by atoms with Crippen LogP contribution in [0.1, 0.15) is 12.7 Å². The van der Waals surface area contributed by atoms with Gasteiger partial charge in [-0.15, -0.1) is 0 Å². The Morgan fingerprint density at radius 2 is 2.27 bits per heavy atom. The normalized spacial score (nSPS) is 10.5. The fourth-order valence-electron chi connectivity index (χ4n) is 1.40. The molecule has 0 fully saturated rings. The number of pyridine rings is 1. The molecular weight excluding hydrogens is 258 g/mol. The predicted molar refractivity (Wildman–Crippen MR) is 60.1 cm³/mol. The third kappa shape index (κ3) is 1.87. The second-order valence-electron chi connectivity index (χ2n) is 3.06. The van der Waals surface area contributed by atoms with Gasteiger partial charge in [-0.2, -0.15) is 0 Å². The summed E-state index contributed by atoms with van der Waals surface area (Å²) in [5.41, 5.74) is 0. The van der Waals surface area contributed by atoms with E-state index in [4.69, 9.17) is 0 Å². The number of halogens is 1. The zero-order valence-electron chi connectivity index (χ0n) is 8.18. The Morgan fingerprint density at radius 1 is 1.47 bits per heavy atom. The molecule has 0 amide bonds. The van der Waals surface area contributed by atoms with Gasteiger partial charge in [0.15, 0.2) is 11.6 Å². The van der Waals surface area contributed by atoms with Gasteiger partial charge in [-0.25, -0.2) is 9.97 Å². The maximum absolute atomic E-state index is 9.74. The highest BCUT2D eigenvalue weighted by Gasteiger charge is 2.09. The third-order valence-corrected chi connectivity index (χ3v) is 2.51. The van der Waals surface area contributed by atoms with E-state index in [0.717, 1.165) is 16.7 Å². The maximum Gasteiger partial charge on any atom is 0.180 e. The molecule has 0 aromatic carbocycles. The van der Waals surface area contributed by atoms with Gasteiger partial charge in [0, 0.05) is 29.5 Å². The number of hydrogen-bond acceptors (Lipinski definition) is 3. The third-order valence-electron chi connectivity index (χ3n) is 2.08. The van der Waals surface area contributed by atoms with Crippen molar-refractivity contribution < 1.29 is 5.11 Å². The summed E-state index contributed by atoms with van der Waals surface area (Å²) in [5, 5.41) is 9.74. The van der Waals surface area contributed by atoms with Crippen molar-refractivity contribution in [3.8, 4) is 11.6 Å². The van der Waals surface area contributed by atoms with Crippen molar-refractivity contribution in [3.05, 3.63) is 35.0 Å². The van der Waals surface area contributed by atoms with Crippen LogP contribution in [-0.4, -0.2) is 19.6 Å². The molecule has 0 atom stereocenters. The summed E-state index contributed by atoms with van der Waals surface area (Å²) < 4.78 is 2.53. The van der Waals surface area contributed by atoms with Crippen molar-refractivity contribution in [1.82, 2.24) is 14.5 Å². The molecule has 2 aromatic heterocycles. The molecule has 0 radical (unpaired) electrons. The van der Waals surface area contributed by atoms with E-state index in [2.05, 4.69) is 25.9 Å². The lowest BCUT2D eigenvalue weighted by atomic mass is 10.4. The van der Waals surface area contributed by atoms with Crippen LogP contribution in [0.15, 0.2) is 29.1 Å².